The van der Waals surface area contributed by atoms with E-state index >= 15 is 0 Å². The molecule has 0 radical (unpaired) electrons. The number of nitrogens with one attached hydrogen (secondary N) is 1. The highest BCUT2D eigenvalue weighted by atomic mass is 16.3. The molecule has 92 valence electrons. The van der Waals surface area contributed by atoms with E-state index in [1.807, 2.05) is 33.3 Å². The Morgan fingerprint density at radius 1 is 1.56 bits per heavy atom. The molecule has 2 N–H and O–H groups in total. The fourth-order valence-corrected chi connectivity index (χ4v) is 1.59. The van der Waals surface area contributed by atoms with Gasteiger partial charge in [-0.05, 0) is 19.8 Å². The standard InChI is InChI=1S/C12H23N3O/c1-5-11(10-7-14-15(4)8-10)13-9-12(3,16)6-2/h7-8,11,13,16H,5-6,9H2,1-4H3. The van der Waals surface area contributed by atoms with Crippen molar-refractivity contribution in [3.05, 3.63) is 18.0 Å². The molecule has 4 nitrogen and oxygen atoms in total. The molecule has 2 unspecified atom stereocenters. The SMILES string of the molecule is CCC(NCC(C)(O)CC)c1cnn(C)c1. The maximum atomic E-state index is 9.94. The number of hydrogen-bond donors (Lipinski definition) is 2. The van der Waals surface area contributed by atoms with Gasteiger partial charge in [0.1, 0.15) is 0 Å². The number of hydrogen-bond acceptors (Lipinski definition) is 3. The number of aliphatic hydroxyl groups is 1. The van der Waals surface area contributed by atoms with Crippen LogP contribution in [0, 0.1) is 0 Å². The number of nitrogens with zero attached hydrogens (tertiary/aromatic N) is 2. The number of aryl methyl sites for hydroxylation is 1. The molecule has 0 spiro atoms. The van der Waals surface area contributed by atoms with Crippen LogP contribution in [-0.4, -0.2) is 27.0 Å². The molecule has 0 aliphatic carbocycles. The van der Waals surface area contributed by atoms with Crippen LogP contribution >= 0.6 is 0 Å². The average Bonchev–Trinajstić information content (AvgIpc) is 2.66. The van der Waals surface area contributed by atoms with Gasteiger partial charge in [0, 0.05) is 31.4 Å². The molecule has 0 aliphatic heterocycles. The van der Waals surface area contributed by atoms with Crippen LogP contribution in [0.3, 0.4) is 0 Å². The summed E-state index contributed by atoms with van der Waals surface area (Å²) in [4.78, 5) is 0. The van der Waals surface area contributed by atoms with Crippen LogP contribution in [-0.2, 0) is 7.05 Å². The van der Waals surface area contributed by atoms with Gasteiger partial charge in [-0.15, -0.1) is 0 Å². The summed E-state index contributed by atoms with van der Waals surface area (Å²) >= 11 is 0. The van der Waals surface area contributed by atoms with E-state index in [2.05, 4.69) is 17.3 Å². The third kappa shape index (κ3) is 3.61. The van der Waals surface area contributed by atoms with E-state index in [0.717, 1.165) is 12.8 Å². The zero-order valence-corrected chi connectivity index (χ0v) is 10.7. The van der Waals surface area contributed by atoms with E-state index in [-0.39, 0.29) is 6.04 Å². The molecule has 1 rings (SSSR count). The molecular weight excluding hydrogens is 202 g/mol. The van der Waals surface area contributed by atoms with E-state index in [0.29, 0.717) is 6.54 Å². The molecular formula is C12H23N3O. The Labute approximate surface area is 97.7 Å². The fourth-order valence-electron chi connectivity index (χ4n) is 1.59. The highest BCUT2D eigenvalue weighted by Crippen LogP contribution is 2.17. The monoisotopic (exact) mass is 225 g/mol. The first kappa shape index (κ1) is 13.2. The largest absolute Gasteiger partial charge is 0.389 e. The molecule has 0 bridgehead atoms. The predicted molar refractivity (Wildman–Crippen MR) is 65.2 cm³/mol. The van der Waals surface area contributed by atoms with Gasteiger partial charge in [-0.25, -0.2) is 0 Å². The van der Waals surface area contributed by atoms with E-state index in [4.69, 9.17) is 0 Å². The summed E-state index contributed by atoms with van der Waals surface area (Å²) in [5.41, 5.74) is 0.548. The van der Waals surface area contributed by atoms with Crippen molar-refractivity contribution in [1.82, 2.24) is 15.1 Å². The molecule has 4 heteroatoms. The first-order chi connectivity index (χ1) is 7.48. The Morgan fingerprint density at radius 3 is 2.69 bits per heavy atom. The van der Waals surface area contributed by atoms with E-state index < -0.39 is 5.60 Å². The maximum absolute atomic E-state index is 9.94. The van der Waals surface area contributed by atoms with Gasteiger partial charge < -0.3 is 10.4 Å². The lowest BCUT2D eigenvalue weighted by Gasteiger charge is -2.25. The van der Waals surface area contributed by atoms with E-state index in [1.165, 1.54) is 5.56 Å². The first-order valence-corrected chi connectivity index (χ1v) is 5.93. The minimum absolute atomic E-state index is 0.270. The lowest BCUT2D eigenvalue weighted by Crippen LogP contribution is -2.38. The summed E-state index contributed by atoms with van der Waals surface area (Å²) in [5.74, 6) is 0. The minimum Gasteiger partial charge on any atom is -0.389 e. The van der Waals surface area contributed by atoms with Crippen molar-refractivity contribution in [2.24, 2.45) is 7.05 Å². The molecule has 0 aromatic carbocycles. The van der Waals surface area contributed by atoms with Gasteiger partial charge in [0.2, 0.25) is 0 Å². The first-order valence-electron chi connectivity index (χ1n) is 5.93. The second-order valence-corrected chi connectivity index (χ2v) is 4.64. The summed E-state index contributed by atoms with van der Waals surface area (Å²) in [6.45, 7) is 6.59. The van der Waals surface area contributed by atoms with Crippen molar-refractivity contribution in [3.8, 4) is 0 Å². The lowest BCUT2D eigenvalue weighted by molar-refractivity contribution is 0.0526. The fraction of sp³-hybridized carbons (Fsp3) is 0.750. The third-order valence-corrected chi connectivity index (χ3v) is 3.03. The van der Waals surface area contributed by atoms with Gasteiger partial charge in [0.15, 0.2) is 0 Å². The predicted octanol–water partition coefficient (Wildman–Crippen LogP) is 1.62. The third-order valence-electron chi connectivity index (χ3n) is 3.03. The van der Waals surface area contributed by atoms with Crippen LogP contribution in [0.4, 0.5) is 0 Å². The van der Waals surface area contributed by atoms with Gasteiger partial charge in [-0.2, -0.15) is 5.10 Å². The Kier molecular flexibility index (Phi) is 4.50. The zero-order valence-electron chi connectivity index (χ0n) is 10.7. The summed E-state index contributed by atoms with van der Waals surface area (Å²) in [7, 11) is 1.92. The molecule has 0 saturated heterocycles. The highest BCUT2D eigenvalue weighted by Gasteiger charge is 2.19. The maximum Gasteiger partial charge on any atom is 0.0741 e. The smallest absolute Gasteiger partial charge is 0.0741 e. The van der Waals surface area contributed by atoms with Crippen LogP contribution in [0.25, 0.3) is 0 Å². The van der Waals surface area contributed by atoms with Crippen molar-refractivity contribution in [1.29, 1.82) is 0 Å². The Balaban J connectivity index is 2.56. The number of rotatable bonds is 6. The number of aromatic nitrogens is 2. The van der Waals surface area contributed by atoms with Crippen LogP contribution < -0.4 is 5.32 Å². The van der Waals surface area contributed by atoms with Crippen LogP contribution in [0.5, 0.6) is 0 Å². The quantitative estimate of drug-likeness (QED) is 0.773. The summed E-state index contributed by atoms with van der Waals surface area (Å²) in [6, 6.07) is 0.270. The molecule has 0 saturated carbocycles. The molecule has 2 atom stereocenters. The lowest BCUT2D eigenvalue weighted by atomic mass is 10.0. The van der Waals surface area contributed by atoms with Gasteiger partial charge in [0.25, 0.3) is 0 Å². The normalized spacial score (nSPS) is 17.1. The van der Waals surface area contributed by atoms with Crippen LogP contribution in [0.15, 0.2) is 12.4 Å². The second-order valence-electron chi connectivity index (χ2n) is 4.64. The average molecular weight is 225 g/mol. The van der Waals surface area contributed by atoms with Crippen molar-refractivity contribution in [2.45, 2.75) is 45.3 Å². The summed E-state index contributed by atoms with van der Waals surface area (Å²) in [5, 5.41) is 17.5. The Morgan fingerprint density at radius 2 is 2.25 bits per heavy atom. The Hall–Kier alpha value is -0.870. The topological polar surface area (TPSA) is 50.1 Å². The molecule has 1 aromatic rings. The van der Waals surface area contributed by atoms with Crippen molar-refractivity contribution < 1.29 is 5.11 Å². The van der Waals surface area contributed by atoms with Gasteiger partial charge in [-0.1, -0.05) is 13.8 Å². The van der Waals surface area contributed by atoms with Gasteiger partial charge in [-0.3, -0.25) is 4.68 Å². The highest BCUT2D eigenvalue weighted by molar-refractivity contribution is 5.10. The molecule has 1 aromatic heterocycles. The van der Waals surface area contributed by atoms with Crippen molar-refractivity contribution in [3.63, 3.8) is 0 Å². The molecule has 0 aliphatic rings. The summed E-state index contributed by atoms with van der Waals surface area (Å²) < 4.78 is 1.80. The molecule has 0 amide bonds. The molecule has 1 heterocycles. The minimum atomic E-state index is -0.629. The van der Waals surface area contributed by atoms with Crippen LogP contribution in [0.1, 0.15) is 45.2 Å². The zero-order chi connectivity index (χ0) is 12.2. The Bertz CT molecular complexity index is 320. The van der Waals surface area contributed by atoms with Gasteiger partial charge >= 0.3 is 0 Å². The van der Waals surface area contributed by atoms with Crippen LogP contribution in [0.2, 0.25) is 0 Å². The van der Waals surface area contributed by atoms with Crippen molar-refractivity contribution >= 4 is 0 Å². The van der Waals surface area contributed by atoms with E-state index in [9.17, 15) is 5.11 Å². The van der Waals surface area contributed by atoms with Gasteiger partial charge in [0.05, 0.1) is 11.8 Å². The molecule has 16 heavy (non-hydrogen) atoms. The summed E-state index contributed by atoms with van der Waals surface area (Å²) in [6.07, 6.45) is 5.64. The van der Waals surface area contributed by atoms with Crippen molar-refractivity contribution in [2.75, 3.05) is 6.54 Å². The molecule has 0 fully saturated rings. The second kappa shape index (κ2) is 5.46. The van der Waals surface area contributed by atoms with E-state index in [1.54, 1.807) is 4.68 Å².